The lowest BCUT2D eigenvalue weighted by Crippen LogP contribution is -2.24. The number of benzene rings is 2. The van der Waals surface area contributed by atoms with Gasteiger partial charge in [0.1, 0.15) is 0 Å². The molecule has 1 aliphatic carbocycles. The molecule has 1 aromatic heterocycles. The number of fused-ring (bicyclic) bond motifs is 2. The summed E-state index contributed by atoms with van der Waals surface area (Å²) in [5, 5.41) is 4.43. The first-order valence-electron chi connectivity index (χ1n) is 8.66. The molecular weight excluding hydrogens is 392 g/mol. The number of amides is 1. The fourth-order valence-electron chi connectivity index (χ4n) is 3.01. The van der Waals surface area contributed by atoms with E-state index in [0.29, 0.717) is 27.9 Å². The maximum absolute atomic E-state index is 12.8. The maximum atomic E-state index is 12.8. The molecule has 3 aromatic rings. The number of rotatable bonds is 4. The number of aryl methyl sites for hydroxylation is 1. The van der Waals surface area contributed by atoms with Crippen LogP contribution in [0.15, 0.2) is 52.2 Å². The highest BCUT2D eigenvalue weighted by Crippen LogP contribution is 2.30. The number of nitrogens with one attached hydrogen (secondary N) is 1. The van der Waals surface area contributed by atoms with Gasteiger partial charge in [-0.1, -0.05) is 36.0 Å². The van der Waals surface area contributed by atoms with Gasteiger partial charge in [-0.05, 0) is 32.0 Å². The summed E-state index contributed by atoms with van der Waals surface area (Å²) in [7, 11) is 0. The lowest BCUT2D eigenvalue weighted by atomic mass is 9.84. The molecule has 1 amide bonds. The van der Waals surface area contributed by atoms with Gasteiger partial charge in [0.05, 0.1) is 5.25 Å². The number of anilines is 1. The Morgan fingerprint density at radius 1 is 1.04 bits per heavy atom. The highest BCUT2D eigenvalue weighted by atomic mass is 32.2. The highest BCUT2D eigenvalue weighted by molar-refractivity contribution is 8.02. The quantitative estimate of drug-likeness (QED) is 0.508. The van der Waals surface area contributed by atoms with Crippen molar-refractivity contribution in [2.24, 2.45) is 0 Å². The van der Waals surface area contributed by atoms with Crippen LogP contribution >= 0.6 is 23.1 Å². The fourth-order valence-corrected chi connectivity index (χ4v) is 5.00. The van der Waals surface area contributed by atoms with Crippen LogP contribution in [-0.2, 0) is 4.79 Å². The van der Waals surface area contributed by atoms with Gasteiger partial charge >= 0.3 is 0 Å². The molecule has 28 heavy (non-hydrogen) atoms. The van der Waals surface area contributed by atoms with Gasteiger partial charge in [0.25, 0.3) is 0 Å². The van der Waals surface area contributed by atoms with Crippen LogP contribution in [0, 0.1) is 6.92 Å². The Kier molecular flexibility index (Phi) is 4.87. The molecule has 0 saturated carbocycles. The van der Waals surface area contributed by atoms with Crippen LogP contribution in [0.1, 0.15) is 44.5 Å². The van der Waals surface area contributed by atoms with E-state index < -0.39 is 0 Å². The van der Waals surface area contributed by atoms with Gasteiger partial charge in [0.15, 0.2) is 15.9 Å². The number of thiazole rings is 1. The molecule has 0 saturated heterocycles. The topological polar surface area (TPSA) is 76.1 Å². The van der Waals surface area contributed by atoms with E-state index in [0.717, 1.165) is 10.0 Å². The van der Waals surface area contributed by atoms with Crippen LogP contribution in [0.2, 0.25) is 0 Å². The van der Waals surface area contributed by atoms with Crippen molar-refractivity contribution >= 4 is 46.3 Å². The summed E-state index contributed by atoms with van der Waals surface area (Å²) in [6.45, 7) is 3.72. The molecule has 1 heterocycles. The van der Waals surface area contributed by atoms with Gasteiger partial charge in [0, 0.05) is 39.0 Å². The number of ketones is 2. The fraction of sp³-hybridized carbons (Fsp3) is 0.143. The predicted octanol–water partition coefficient (Wildman–Crippen LogP) is 4.35. The number of carbonyl (C=O) groups excluding carboxylic acids is 3. The number of aromatic nitrogens is 1. The van der Waals surface area contributed by atoms with Gasteiger partial charge < -0.3 is 5.32 Å². The van der Waals surface area contributed by atoms with Crippen molar-refractivity contribution < 1.29 is 14.4 Å². The Morgan fingerprint density at radius 2 is 1.68 bits per heavy atom. The van der Waals surface area contributed by atoms with Crippen molar-refractivity contribution in [2.45, 2.75) is 23.4 Å². The van der Waals surface area contributed by atoms with Crippen molar-refractivity contribution in [3.63, 3.8) is 0 Å². The Balaban J connectivity index is 1.55. The molecule has 5 nitrogen and oxygen atoms in total. The minimum Gasteiger partial charge on any atom is -0.325 e. The van der Waals surface area contributed by atoms with Crippen LogP contribution in [0.5, 0.6) is 0 Å². The van der Waals surface area contributed by atoms with Crippen molar-refractivity contribution in [3.05, 3.63) is 75.8 Å². The van der Waals surface area contributed by atoms with E-state index in [2.05, 4.69) is 10.3 Å². The van der Waals surface area contributed by atoms with Crippen LogP contribution in [0.25, 0.3) is 0 Å². The first kappa shape index (κ1) is 18.6. The van der Waals surface area contributed by atoms with Crippen LogP contribution in [0.3, 0.4) is 0 Å². The van der Waals surface area contributed by atoms with Crippen LogP contribution < -0.4 is 5.32 Å². The van der Waals surface area contributed by atoms with E-state index in [1.54, 1.807) is 49.4 Å². The van der Waals surface area contributed by atoms with Crippen molar-refractivity contribution in [2.75, 3.05) is 5.32 Å². The lowest BCUT2D eigenvalue weighted by molar-refractivity contribution is -0.115. The molecule has 2 aromatic carbocycles. The first-order valence-corrected chi connectivity index (χ1v) is 10.4. The Labute approximate surface area is 170 Å². The molecule has 1 N–H and O–H groups in total. The third-order valence-electron chi connectivity index (χ3n) is 4.44. The van der Waals surface area contributed by atoms with Gasteiger partial charge in [-0.25, -0.2) is 4.98 Å². The Bertz CT molecular complexity index is 1120. The van der Waals surface area contributed by atoms with E-state index in [1.807, 2.05) is 12.3 Å². The summed E-state index contributed by atoms with van der Waals surface area (Å²) in [4.78, 5) is 42.3. The van der Waals surface area contributed by atoms with Crippen LogP contribution in [-0.4, -0.2) is 27.7 Å². The highest BCUT2D eigenvalue weighted by Gasteiger charge is 2.29. The summed E-state index contributed by atoms with van der Waals surface area (Å²) in [5.74, 6) is -0.569. The summed E-state index contributed by atoms with van der Waals surface area (Å²) >= 11 is 2.89. The van der Waals surface area contributed by atoms with Gasteiger partial charge in [-0.2, -0.15) is 0 Å². The summed E-state index contributed by atoms with van der Waals surface area (Å²) in [6.07, 6.45) is 0. The number of hydrogen-bond donors (Lipinski definition) is 1. The zero-order chi connectivity index (χ0) is 19.8. The summed E-state index contributed by atoms with van der Waals surface area (Å²) in [5.41, 5.74) is 2.91. The SMILES string of the molecule is Cc1csc(S[C@H](C)C(=O)Nc2ccc3c(c2)C(=O)c2ccccc2C3=O)n1. The minimum atomic E-state index is -0.348. The van der Waals surface area contributed by atoms with E-state index in [-0.39, 0.29) is 22.7 Å². The van der Waals surface area contributed by atoms with E-state index in [1.165, 1.54) is 23.1 Å². The first-order chi connectivity index (χ1) is 13.4. The predicted molar refractivity (Wildman–Crippen MR) is 111 cm³/mol. The zero-order valence-corrected chi connectivity index (χ0v) is 16.8. The molecule has 0 bridgehead atoms. The molecule has 0 spiro atoms. The van der Waals surface area contributed by atoms with E-state index >= 15 is 0 Å². The number of carbonyl (C=O) groups is 3. The van der Waals surface area contributed by atoms with Crippen molar-refractivity contribution in [1.82, 2.24) is 4.98 Å². The lowest BCUT2D eigenvalue weighted by Gasteiger charge is -2.18. The monoisotopic (exact) mass is 408 g/mol. The molecule has 1 aliphatic rings. The zero-order valence-electron chi connectivity index (χ0n) is 15.2. The standard InChI is InChI=1S/C21H16N2O3S2/c1-11-10-27-21(22-11)28-12(2)20(26)23-13-7-8-16-17(9-13)19(25)15-6-4-3-5-14(15)18(16)24/h3-10,12H,1-2H3,(H,23,26)/t12-/m1/s1. The molecule has 4 rings (SSSR count). The second kappa shape index (κ2) is 7.33. The molecular formula is C21H16N2O3S2. The molecule has 0 aliphatic heterocycles. The molecule has 140 valence electrons. The van der Waals surface area contributed by atoms with Crippen molar-refractivity contribution in [3.8, 4) is 0 Å². The van der Waals surface area contributed by atoms with E-state index in [4.69, 9.17) is 0 Å². The smallest absolute Gasteiger partial charge is 0.237 e. The largest absolute Gasteiger partial charge is 0.325 e. The Morgan fingerprint density at radius 3 is 2.32 bits per heavy atom. The van der Waals surface area contributed by atoms with Gasteiger partial charge in [-0.15, -0.1) is 11.3 Å². The minimum absolute atomic E-state index is 0.175. The average Bonchev–Trinajstić information content (AvgIpc) is 3.10. The molecule has 1 atom stereocenters. The third-order valence-corrected chi connectivity index (χ3v) is 6.63. The molecule has 0 unspecified atom stereocenters. The number of hydrogen-bond acceptors (Lipinski definition) is 6. The average molecular weight is 409 g/mol. The second-order valence-corrected chi connectivity index (χ2v) is 8.91. The molecule has 0 radical (unpaired) electrons. The van der Waals surface area contributed by atoms with Gasteiger partial charge in [0.2, 0.25) is 5.91 Å². The second-order valence-electron chi connectivity index (χ2n) is 6.47. The maximum Gasteiger partial charge on any atom is 0.237 e. The van der Waals surface area contributed by atoms with Crippen LogP contribution in [0.4, 0.5) is 5.69 Å². The van der Waals surface area contributed by atoms with E-state index in [9.17, 15) is 14.4 Å². The summed E-state index contributed by atoms with van der Waals surface area (Å²) in [6, 6.07) is 11.6. The number of nitrogens with zero attached hydrogens (tertiary/aromatic N) is 1. The Hall–Kier alpha value is -2.77. The molecule has 0 fully saturated rings. The van der Waals surface area contributed by atoms with Gasteiger partial charge in [-0.3, -0.25) is 14.4 Å². The van der Waals surface area contributed by atoms with Crippen molar-refractivity contribution in [1.29, 1.82) is 0 Å². The summed E-state index contributed by atoms with van der Waals surface area (Å²) < 4.78 is 0.836. The normalized spacial score (nSPS) is 13.6. The third kappa shape index (κ3) is 3.39. The molecule has 7 heteroatoms. The number of thioether (sulfide) groups is 1.